The molecule has 1 atom stereocenters. The summed E-state index contributed by atoms with van der Waals surface area (Å²) >= 11 is 11.3. The van der Waals surface area contributed by atoms with Gasteiger partial charge in [-0.05, 0) is 17.0 Å². The Bertz CT molecular complexity index is 636. The van der Waals surface area contributed by atoms with E-state index in [2.05, 4.69) is 0 Å². The number of halogens is 7. The minimum absolute atomic E-state index is 0.170. The largest absolute Gasteiger partial charge is 0.455 e. The first-order chi connectivity index (χ1) is 9.16. The van der Waals surface area contributed by atoms with Gasteiger partial charge in [-0.3, -0.25) is 0 Å². The quantitative estimate of drug-likeness (QED) is 0.470. The average Bonchev–Trinajstić information content (AvgIpc) is 2.37. The fraction of sp³-hybridized carbons (Fsp3) is 0.231. The number of hydrogen-bond acceptors (Lipinski definition) is 0. The van der Waals surface area contributed by atoms with Gasteiger partial charge in [-0.15, -0.1) is 11.6 Å². The van der Waals surface area contributed by atoms with Crippen molar-refractivity contribution in [3.8, 4) is 0 Å². The molecular formula is C13H7Cl2F5. The number of alkyl halides is 6. The molecule has 0 nitrogen and oxygen atoms in total. The molecule has 0 N–H and O–H groups in total. The van der Waals surface area contributed by atoms with E-state index in [4.69, 9.17) is 23.2 Å². The van der Waals surface area contributed by atoms with Crippen molar-refractivity contribution >= 4 is 34.0 Å². The third-order valence-electron chi connectivity index (χ3n) is 2.87. The van der Waals surface area contributed by atoms with Crippen molar-refractivity contribution in [2.45, 2.75) is 17.5 Å². The Hall–Kier alpha value is -1.07. The molecule has 20 heavy (non-hydrogen) atoms. The summed E-state index contributed by atoms with van der Waals surface area (Å²) in [5, 5.41) is -1.73. The van der Waals surface area contributed by atoms with Crippen LogP contribution in [-0.4, -0.2) is 12.1 Å². The predicted octanol–water partition coefficient (Wildman–Crippen LogP) is 5.97. The van der Waals surface area contributed by atoms with Crippen LogP contribution < -0.4 is 0 Å². The fourth-order valence-electron chi connectivity index (χ4n) is 1.85. The van der Waals surface area contributed by atoms with Crippen LogP contribution in [0.1, 0.15) is 10.9 Å². The van der Waals surface area contributed by atoms with Crippen molar-refractivity contribution in [2.75, 3.05) is 0 Å². The monoisotopic (exact) mass is 328 g/mol. The van der Waals surface area contributed by atoms with Crippen molar-refractivity contribution < 1.29 is 22.0 Å². The minimum Gasteiger partial charge on any atom is -0.194 e. The van der Waals surface area contributed by atoms with E-state index in [1.807, 2.05) is 0 Å². The van der Waals surface area contributed by atoms with E-state index in [0.29, 0.717) is 5.39 Å². The van der Waals surface area contributed by atoms with Gasteiger partial charge in [-0.2, -0.15) is 22.0 Å². The molecule has 0 saturated carbocycles. The summed E-state index contributed by atoms with van der Waals surface area (Å²) < 4.78 is 63.9. The van der Waals surface area contributed by atoms with E-state index in [0.717, 1.165) is 6.07 Å². The van der Waals surface area contributed by atoms with Crippen LogP contribution in [0.5, 0.6) is 0 Å². The van der Waals surface area contributed by atoms with Crippen LogP contribution >= 0.6 is 23.2 Å². The van der Waals surface area contributed by atoms with Gasteiger partial charge in [0.1, 0.15) is 5.38 Å². The summed E-state index contributed by atoms with van der Waals surface area (Å²) in [7, 11) is 0. The minimum atomic E-state index is -5.72. The molecule has 0 radical (unpaired) electrons. The molecule has 0 amide bonds. The lowest BCUT2D eigenvalue weighted by atomic mass is 9.98. The molecule has 1 unspecified atom stereocenters. The fourth-order valence-corrected chi connectivity index (χ4v) is 2.39. The number of rotatable bonds is 2. The van der Waals surface area contributed by atoms with Gasteiger partial charge in [0.25, 0.3) is 0 Å². The van der Waals surface area contributed by atoms with Crippen LogP contribution in [0.2, 0.25) is 5.02 Å². The van der Waals surface area contributed by atoms with Crippen molar-refractivity contribution in [2.24, 2.45) is 0 Å². The van der Waals surface area contributed by atoms with Gasteiger partial charge in [-0.25, -0.2) is 0 Å². The van der Waals surface area contributed by atoms with Crippen molar-refractivity contribution in [3.05, 3.63) is 47.0 Å². The molecule has 0 heterocycles. The second kappa shape index (κ2) is 5.04. The second-order valence-electron chi connectivity index (χ2n) is 4.17. The van der Waals surface area contributed by atoms with Gasteiger partial charge in [0, 0.05) is 10.4 Å². The third-order valence-corrected chi connectivity index (χ3v) is 3.71. The lowest BCUT2D eigenvalue weighted by Crippen LogP contribution is -2.40. The van der Waals surface area contributed by atoms with Gasteiger partial charge in [0.05, 0.1) is 0 Å². The molecule has 0 saturated heterocycles. The second-order valence-corrected chi connectivity index (χ2v) is 5.01. The molecule has 0 aliphatic carbocycles. The summed E-state index contributed by atoms with van der Waals surface area (Å²) in [6.45, 7) is 0. The zero-order valence-electron chi connectivity index (χ0n) is 9.69. The van der Waals surface area contributed by atoms with Gasteiger partial charge >= 0.3 is 12.1 Å². The van der Waals surface area contributed by atoms with Gasteiger partial charge in [0.2, 0.25) is 0 Å². The number of benzene rings is 2. The SMILES string of the molecule is FC(F)(F)C(F)(F)C(Cl)c1ccc(Cl)c2ccccc12. The Kier molecular flexibility index (Phi) is 3.86. The third kappa shape index (κ3) is 2.44. The molecule has 2 rings (SSSR count). The first kappa shape index (κ1) is 15.3. The maximum atomic E-state index is 13.3. The van der Waals surface area contributed by atoms with Gasteiger partial charge in [0.15, 0.2) is 0 Å². The smallest absolute Gasteiger partial charge is 0.194 e. The molecule has 0 fully saturated rings. The summed E-state index contributed by atoms with van der Waals surface area (Å²) in [5.74, 6) is -5.04. The highest BCUT2D eigenvalue weighted by Crippen LogP contribution is 2.49. The molecular weight excluding hydrogens is 322 g/mol. The zero-order valence-corrected chi connectivity index (χ0v) is 11.2. The number of hydrogen-bond donors (Lipinski definition) is 0. The van der Waals surface area contributed by atoms with Crippen LogP contribution in [0.25, 0.3) is 10.8 Å². The highest BCUT2D eigenvalue weighted by molar-refractivity contribution is 6.35. The first-order valence-corrected chi connectivity index (χ1v) is 6.23. The van der Waals surface area contributed by atoms with Gasteiger partial charge in [-0.1, -0.05) is 41.9 Å². The molecule has 0 aliphatic rings. The average molecular weight is 329 g/mol. The van der Waals surface area contributed by atoms with E-state index in [9.17, 15) is 22.0 Å². The van der Waals surface area contributed by atoms with Crippen LogP contribution in [0.15, 0.2) is 36.4 Å². The summed E-state index contributed by atoms with van der Waals surface area (Å²) in [5.41, 5.74) is -0.311. The molecule has 0 spiro atoms. The summed E-state index contributed by atoms with van der Waals surface area (Å²) in [4.78, 5) is 0. The first-order valence-electron chi connectivity index (χ1n) is 5.42. The maximum absolute atomic E-state index is 13.3. The van der Waals surface area contributed by atoms with Crippen LogP contribution in [0.4, 0.5) is 22.0 Å². The van der Waals surface area contributed by atoms with Gasteiger partial charge < -0.3 is 0 Å². The lowest BCUT2D eigenvalue weighted by Gasteiger charge is -2.25. The van der Waals surface area contributed by atoms with E-state index in [1.165, 1.54) is 24.3 Å². The standard InChI is InChI=1S/C13H7Cl2F5/c14-10-6-5-9(7-3-1-2-4-8(7)10)11(15)12(16,17)13(18,19)20/h1-6,11H. The Morgan fingerprint density at radius 2 is 1.40 bits per heavy atom. The zero-order chi connectivity index (χ0) is 15.1. The molecule has 2 aromatic rings. The van der Waals surface area contributed by atoms with E-state index in [1.54, 1.807) is 6.07 Å². The summed E-state index contributed by atoms with van der Waals surface area (Å²) in [6, 6.07) is 8.37. The molecule has 0 aromatic heterocycles. The van der Waals surface area contributed by atoms with E-state index < -0.39 is 17.5 Å². The van der Waals surface area contributed by atoms with E-state index >= 15 is 0 Å². The lowest BCUT2D eigenvalue weighted by molar-refractivity contribution is -0.283. The Balaban J connectivity index is 2.62. The van der Waals surface area contributed by atoms with E-state index in [-0.39, 0.29) is 16.0 Å². The molecule has 2 aromatic carbocycles. The topological polar surface area (TPSA) is 0 Å². The van der Waals surface area contributed by atoms with Crippen molar-refractivity contribution in [1.82, 2.24) is 0 Å². The van der Waals surface area contributed by atoms with Crippen molar-refractivity contribution in [3.63, 3.8) is 0 Å². The Morgan fingerprint density at radius 1 is 0.850 bits per heavy atom. The molecule has 0 aliphatic heterocycles. The van der Waals surface area contributed by atoms with Crippen molar-refractivity contribution in [1.29, 1.82) is 0 Å². The molecule has 7 heteroatoms. The number of fused-ring (bicyclic) bond motifs is 1. The highest BCUT2D eigenvalue weighted by Gasteiger charge is 2.62. The van der Waals surface area contributed by atoms with Crippen LogP contribution in [0, 0.1) is 0 Å². The normalized spacial score (nSPS) is 14.6. The Morgan fingerprint density at radius 3 is 1.95 bits per heavy atom. The highest BCUT2D eigenvalue weighted by atomic mass is 35.5. The molecule has 0 bridgehead atoms. The molecule has 108 valence electrons. The van der Waals surface area contributed by atoms with Crippen LogP contribution in [0.3, 0.4) is 0 Å². The van der Waals surface area contributed by atoms with Crippen LogP contribution in [-0.2, 0) is 0 Å². The predicted molar refractivity (Wildman–Crippen MR) is 68.6 cm³/mol. The Labute approximate surface area is 121 Å². The maximum Gasteiger partial charge on any atom is 0.455 e. The summed E-state index contributed by atoms with van der Waals surface area (Å²) in [6.07, 6.45) is -5.72.